The van der Waals surface area contributed by atoms with Crippen molar-refractivity contribution in [2.24, 2.45) is 23.2 Å². The van der Waals surface area contributed by atoms with Gasteiger partial charge in [0.1, 0.15) is 0 Å². The number of esters is 1. The summed E-state index contributed by atoms with van der Waals surface area (Å²) in [4.78, 5) is 12.7. The monoisotopic (exact) mass is 450 g/mol. The van der Waals surface area contributed by atoms with Crippen LogP contribution in [-0.2, 0) is 4.79 Å². The molecule has 0 bridgehead atoms. The third-order valence-corrected chi connectivity index (χ3v) is 8.19. The molecule has 2 aliphatic rings. The van der Waals surface area contributed by atoms with Crippen LogP contribution in [0.4, 0.5) is 8.78 Å². The number of hydrogen-bond donors (Lipinski definition) is 0. The molecule has 0 saturated heterocycles. The second-order valence-corrected chi connectivity index (χ2v) is 9.93. The van der Waals surface area contributed by atoms with Crippen molar-refractivity contribution < 1.29 is 23.0 Å². The van der Waals surface area contributed by atoms with Crippen LogP contribution in [0.3, 0.4) is 0 Å². The molecule has 0 atom stereocenters. The van der Waals surface area contributed by atoms with Gasteiger partial charge in [0.25, 0.3) is 0 Å². The van der Waals surface area contributed by atoms with E-state index in [1.165, 1.54) is 77.0 Å². The number of benzene rings is 1. The summed E-state index contributed by atoms with van der Waals surface area (Å²) >= 11 is 0. The van der Waals surface area contributed by atoms with Gasteiger partial charge in [-0.15, -0.1) is 0 Å². The van der Waals surface area contributed by atoms with E-state index in [1.807, 2.05) is 0 Å². The molecular weight excluding hydrogens is 410 g/mol. The number of hydrogen-bond acceptors (Lipinski definition) is 3. The lowest BCUT2D eigenvalue weighted by atomic mass is 9.54. The lowest BCUT2D eigenvalue weighted by Crippen LogP contribution is -2.42. The summed E-state index contributed by atoms with van der Waals surface area (Å²) in [6.45, 7) is 4.60. The second kappa shape index (κ2) is 11.5. The fourth-order valence-corrected chi connectivity index (χ4v) is 6.62. The maximum Gasteiger partial charge on any atom is 0.314 e. The Labute approximate surface area is 192 Å². The summed E-state index contributed by atoms with van der Waals surface area (Å²) < 4.78 is 38.3. The molecule has 1 aromatic carbocycles. The first-order valence-corrected chi connectivity index (χ1v) is 12.7. The summed E-state index contributed by atoms with van der Waals surface area (Å²) in [5, 5.41) is 0. The predicted molar refractivity (Wildman–Crippen MR) is 123 cm³/mol. The molecule has 2 saturated carbocycles. The Morgan fingerprint density at radius 1 is 0.969 bits per heavy atom. The molecule has 32 heavy (non-hydrogen) atoms. The van der Waals surface area contributed by atoms with Crippen molar-refractivity contribution in [3.63, 3.8) is 0 Å². The van der Waals surface area contributed by atoms with Crippen LogP contribution in [0, 0.1) is 34.8 Å². The summed E-state index contributed by atoms with van der Waals surface area (Å²) in [6, 6.07) is 2.55. The number of methoxy groups -OCH3 is 1. The van der Waals surface area contributed by atoms with E-state index in [0.29, 0.717) is 11.3 Å². The SMILES string of the molecule is CCCC(CCC)C1([C@H]2CC[C@H](C(=O)Oc3ccc(OC)c(F)c3F)CC2)CCCCC1. The lowest BCUT2D eigenvalue weighted by Gasteiger charge is -2.51. The van der Waals surface area contributed by atoms with Crippen LogP contribution in [-0.4, -0.2) is 13.1 Å². The molecule has 5 heteroatoms. The van der Waals surface area contributed by atoms with Gasteiger partial charge in [-0.2, -0.15) is 8.78 Å². The van der Waals surface area contributed by atoms with Gasteiger partial charge in [-0.3, -0.25) is 4.79 Å². The van der Waals surface area contributed by atoms with E-state index in [4.69, 9.17) is 9.47 Å². The molecule has 0 aromatic heterocycles. The number of rotatable bonds is 9. The zero-order valence-corrected chi connectivity index (χ0v) is 20.1. The zero-order chi connectivity index (χ0) is 23.1. The van der Waals surface area contributed by atoms with Gasteiger partial charge in [0, 0.05) is 0 Å². The van der Waals surface area contributed by atoms with Gasteiger partial charge in [-0.1, -0.05) is 58.8 Å². The third-order valence-electron chi connectivity index (χ3n) is 8.19. The van der Waals surface area contributed by atoms with Crippen LogP contribution >= 0.6 is 0 Å². The summed E-state index contributed by atoms with van der Waals surface area (Å²) in [7, 11) is 1.27. The molecule has 0 N–H and O–H groups in total. The fourth-order valence-electron chi connectivity index (χ4n) is 6.62. The average Bonchev–Trinajstić information content (AvgIpc) is 2.82. The van der Waals surface area contributed by atoms with E-state index in [-0.39, 0.29) is 17.4 Å². The van der Waals surface area contributed by atoms with Crippen molar-refractivity contribution in [2.75, 3.05) is 7.11 Å². The topological polar surface area (TPSA) is 35.5 Å². The van der Waals surface area contributed by atoms with E-state index in [2.05, 4.69) is 13.8 Å². The maximum atomic E-state index is 14.2. The normalized spacial score (nSPS) is 23.2. The van der Waals surface area contributed by atoms with Gasteiger partial charge in [0.2, 0.25) is 11.6 Å². The number of halogens is 2. The van der Waals surface area contributed by atoms with Crippen molar-refractivity contribution >= 4 is 5.97 Å². The second-order valence-electron chi connectivity index (χ2n) is 9.93. The molecule has 0 unspecified atom stereocenters. The zero-order valence-electron chi connectivity index (χ0n) is 20.1. The van der Waals surface area contributed by atoms with E-state index >= 15 is 0 Å². The molecule has 1 aromatic rings. The first kappa shape index (κ1) is 25.0. The number of carbonyl (C=O) groups is 1. The van der Waals surface area contributed by atoms with Crippen LogP contribution in [0.1, 0.15) is 97.3 Å². The summed E-state index contributed by atoms with van der Waals surface area (Å²) in [5.41, 5.74) is 0.421. The molecule has 0 radical (unpaired) electrons. The minimum atomic E-state index is -1.17. The predicted octanol–water partition coefficient (Wildman–Crippen LogP) is 7.85. The molecule has 3 nitrogen and oxygen atoms in total. The Hall–Kier alpha value is -1.65. The highest BCUT2D eigenvalue weighted by Gasteiger charge is 2.46. The molecule has 2 fully saturated rings. The molecule has 180 valence electrons. The first-order chi connectivity index (χ1) is 15.5. The molecule has 0 amide bonds. The quantitative estimate of drug-likeness (QED) is 0.284. The van der Waals surface area contributed by atoms with Gasteiger partial charge in [0.15, 0.2) is 11.5 Å². The van der Waals surface area contributed by atoms with Crippen molar-refractivity contribution in [2.45, 2.75) is 97.3 Å². The minimum Gasteiger partial charge on any atom is -0.494 e. The summed E-state index contributed by atoms with van der Waals surface area (Å²) in [5.74, 6) is -2.10. The highest BCUT2D eigenvalue weighted by atomic mass is 19.2. The van der Waals surface area contributed by atoms with Crippen molar-refractivity contribution in [3.05, 3.63) is 23.8 Å². The minimum absolute atomic E-state index is 0.200. The Morgan fingerprint density at radius 3 is 2.09 bits per heavy atom. The molecule has 2 aliphatic carbocycles. The molecule has 0 spiro atoms. The molecule has 3 rings (SSSR count). The van der Waals surface area contributed by atoms with Crippen LogP contribution < -0.4 is 9.47 Å². The van der Waals surface area contributed by atoms with Gasteiger partial charge < -0.3 is 9.47 Å². The Bertz CT molecular complexity index is 744. The van der Waals surface area contributed by atoms with E-state index in [1.54, 1.807) is 0 Å². The van der Waals surface area contributed by atoms with Gasteiger partial charge in [-0.05, 0) is 67.9 Å². The molecular formula is C27H40F2O3. The van der Waals surface area contributed by atoms with Crippen molar-refractivity contribution in [1.82, 2.24) is 0 Å². The van der Waals surface area contributed by atoms with Gasteiger partial charge in [0.05, 0.1) is 13.0 Å². The van der Waals surface area contributed by atoms with Crippen LogP contribution in [0.15, 0.2) is 12.1 Å². The largest absolute Gasteiger partial charge is 0.494 e. The van der Waals surface area contributed by atoms with Crippen molar-refractivity contribution in [1.29, 1.82) is 0 Å². The van der Waals surface area contributed by atoms with Crippen LogP contribution in [0.2, 0.25) is 0 Å². The highest BCUT2D eigenvalue weighted by molar-refractivity contribution is 5.75. The Morgan fingerprint density at radius 2 is 1.53 bits per heavy atom. The Balaban J connectivity index is 1.66. The average molecular weight is 451 g/mol. The smallest absolute Gasteiger partial charge is 0.314 e. The molecule has 0 aliphatic heterocycles. The fraction of sp³-hybridized carbons (Fsp3) is 0.741. The van der Waals surface area contributed by atoms with Crippen molar-refractivity contribution in [3.8, 4) is 11.5 Å². The van der Waals surface area contributed by atoms with E-state index < -0.39 is 17.6 Å². The van der Waals surface area contributed by atoms with Gasteiger partial charge >= 0.3 is 5.97 Å². The van der Waals surface area contributed by atoms with E-state index in [0.717, 1.165) is 31.6 Å². The van der Waals surface area contributed by atoms with Gasteiger partial charge in [-0.25, -0.2) is 0 Å². The van der Waals surface area contributed by atoms with Crippen LogP contribution in [0.5, 0.6) is 11.5 Å². The van der Waals surface area contributed by atoms with Crippen LogP contribution in [0.25, 0.3) is 0 Å². The maximum absolute atomic E-state index is 14.2. The molecule has 0 heterocycles. The van der Waals surface area contributed by atoms with E-state index in [9.17, 15) is 13.6 Å². The number of carbonyl (C=O) groups excluding carboxylic acids is 1. The third kappa shape index (κ3) is 5.28. The summed E-state index contributed by atoms with van der Waals surface area (Å²) in [6.07, 6.45) is 15.3. The Kier molecular flexibility index (Phi) is 8.95. The standard InChI is InChI=1S/C27H40F2O3/c1-4-9-20(10-5-2)27(17-7-6-8-18-27)21-13-11-19(12-14-21)26(30)32-23-16-15-22(31-3)24(28)25(23)29/h15-16,19-21H,4-14,17-18H2,1-3H3/t19-,21-. The highest BCUT2D eigenvalue weighted by Crippen LogP contribution is 2.56. The number of ether oxygens (including phenoxy) is 2. The lowest BCUT2D eigenvalue weighted by molar-refractivity contribution is -0.141. The first-order valence-electron chi connectivity index (χ1n) is 12.7.